The van der Waals surface area contributed by atoms with Gasteiger partial charge in [-0.05, 0) is 55.0 Å². The number of hydrogen-bond donors (Lipinski definition) is 1. The summed E-state index contributed by atoms with van der Waals surface area (Å²) in [5.41, 5.74) is 3.86. The Morgan fingerprint density at radius 2 is 1.79 bits per heavy atom. The molecule has 2 amide bonds. The molecule has 1 saturated heterocycles. The quantitative estimate of drug-likeness (QED) is 0.426. The molecule has 2 aromatic heterocycles. The number of thiophene rings is 1. The summed E-state index contributed by atoms with van der Waals surface area (Å²) in [5, 5.41) is 0.633. The largest absolute Gasteiger partial charge is 0.378 e. The lowest BCUT2D eigenvalue weighted by molar-refractivity contribution is -0.135. The van der Waals surface area contributed by atoms with Gasteiger partial charge in [0.2, 0.25) is 15.9 Å². The molecule has 204 valence electrons. The van der Waals surface area contributed by atoms with Crippen LogP contribution < -0.4 is 4.72 Å². The lowest BCUT2D eigenvalue weighted by atomic mass is 9.83. The van der Waals surface area contributed by atoms with Crippen molar-refractivity contribution in [3.05, 3.63) is 45.8 Å². The molecule has 0 bridgehead atoms. The van der Waals surface area contributed by atoms with Gasteiger partial charge in [-0.15, -0.1) is 11.3 Å². The number of aromatic nitrogens is 1. The number of nitrogens with one attached hydrogen (secondary N) is 1. The van der Waals surface area contributed by atoms with Crippen LogP contribution in [0.15, 0.2) is 30.3 Å². The van der Waals surface area contributed by atoms with E-state index >= 15 is 0 Å². The van der Waals surface area contributed by atoms with Crippen molar-refractivity contribution < 1.29 is 22.7 Å². The molecule has 1 aromatic carbocycles. The van der Waals surface area contributed by atoms with E-state index in [9.17, 15) is 18.0 Å². The molecule has 1 aliphatic carbocycles. The Morgan fingerprint density at radius 3 is 2.45 bits per heavy atom. The molecule has 38 heavy (non-hydrogen) atoms. The van der Waals surface area contributed by atoms with Gasteiger partial charge in [-0.2, -0.15) is 0 Å². The van der Waals surface area contributed by atoms with Crippen molar-refractivity contribution in [1.29, 1.82) is 0 Å². The van der Waals surface area contributed by atoms with Gasteiger partial charge in [-0.1, -0.05) is 43.0 Å². The van der Waals surface area contributed by atoms with Gasteiger partial charge in [-0.3, -0.25) is 9.59 Å². The van der Waals surface area contributed by atoms with Crippen LogP contribution in [0.5, 0.6) is 0 Å². The van der Waals surface area contributed by atoms with E-state index < -0.39 is 15.9 Å². The Bertz CT molecular complexity index is 1430. The Kier molecular flexibility index (Phi) is 8.14. The van der Waals surface area contributed by atoms with Gasteiger partial charge in [0.05, 0.1) is 39.8 Å². The molecule has 11 heteroatoms. The second kappa shape index (κ2) is 11.4. The Balaban J connectivity index is 1.67. The van der Waals surface area contributed by atoms with Crippen molar-refractivity contribution >= 4 is 55.0 Å². The topological polar surface area (TPSA) is 97.7 Å². The fourth-order valence-electron chi connectivity index (χ4n) is 5.43. The van der Waals surface area contributed by atoms with Gasteiger partial charge in [-0.25, -0.2) is 13.1 Å². The minimum absolute atomic E-state index is 0.0126. The first kappa shape index (κ1) is 27.2. The molecule has 2 aliphatic rings. The monoisotopic (exact) mass is 577 g/mol. The molecular weight excluding hydrogens is 546 g/mol. The highest BCUT2D eigenvalue weighted by molar-refractivity contribution is 7.90. The molecule has 0 spiro atoms. The van der Waals surface area contributed by atoms with Crippen LogP contribution in [0.1, 0.15) is 60.2 Å². The number of sulfonamides is 1. The zero-order valence-corrected chi connectivity index (χ0v) is 23.8. The predicted octanol–water partition coefficient (Wildman–Crippen LogP) is 5.01. The van der Waals surface area contributed by atoms with Gasteiger partial charge in [0.1, 0.15) is 6.54 Å². The maximum atomic E-state index is 13.5. The summed E-state index contributed by atoms with van der Waals surface area (Å²) in [7, 11) is -3.70. The lowest BCUT2D eigenvalue weighted by Gasteiger charge is -2.28. The number of hydrogen-bond acceptors (Lipinski definition) is 6. The zero-order chi connectivity index (χ0) is 26.9. The molecule has 3 heterocycles. The van der Waals surface area contributed by atoms with Crippen LogP contribution in [0.3, 0.4) is 0 Å². The lowest BCUT2D eigenvalue weighted by Crippen LogP contribution is -2.42. The van der Waals surface area contributed by atoms with E-state index in [1.54, 1.807) is 6.07 Å². The second-order valence-corrected chi connectivity index (χ2v) is 13.3. The number of rotatable bonds is 7. The Hall–Kier alpha value is -2.40. The predicted molar refractivity (Wildman–Crippen MR) is 150 cm³/mol. The van der Waals surface area contributed by atoms with Crippen LogP contribution >= 0.6 is 22.9 Å². The van der Waals surface area contributed by atoms with E-state index in [1.807, 2.05) is 33.7 Å². The maximum absolute atomic E-state index is 13.5. The molecule has 0 atom stereocenters. The van der Waals surface area contributed by atoms with Crippen molar-refractivity contribution in [2.24, 2.45) is 0 Å². The summed E-state index contributed by atoms with van der Waals surface area (Å²) >= 11 is 7.52. The molecule has 1 saturated carbocycles. The van der Waals surface area contributed by atoms with Crippen molar-refractivity contribution in [2.45, 2.75) is 51.5 Å². The molecule has 5 rings (SSSR count). The van der Waals surface area contributed by atoms with Crippen LogP contribution in [0, 0.1) is 0 Å². The van der Waals surface area contributed by atoms with Gasteiger partial charge in [0.25, 0.3) is 5.91 Å². The molecule has 8 nitrogen and oxygen atoms in total. The molecule has 2 fully saturated rings. The highest BCUT2D eigenvalue weighted by Crippen LogP contribution is 2.47. The summed E-state index contributed by atoms with van der Waals surface area (Å²) in [6.45, 7) is 3.72. The van der Waals surface area contributed by atoms with Gasteiger partial charge >= 0.3 is 0 Å². The average Bonchev–Trinajstić information content (AvgIpc) is 3.48. The van der Waals surface area contributed by atoms with Crippen molar-refractivity contribution in [3.8, 4) is 11.3 Å². The van der Waals surface area contributed by atoms with Gasteiger partial charge in [0, 0.05) is 18.1 Å². The fourth-order valence-corrected chi connectivity index (χ4v) is 7.33. The van der Waals surface area contributed by atoms with E-state index in [0.717, 1.165) is 52.7 Å². The van der Waals surface area contributed by atoms with Crippen LogP contribution in [0.25, 0.3) is 21.5 Å². The number of carbonyl (C=O) groups excluding carboxylic acids is 2. The third-order valence-electron chi connectivity index (χ3n) is 7.41. The van der Waals surface area contributed by atoms with E-state index in [0.29, 0.717) is 36.2 Å². The number of nitrogens with zero attached hydrogens (tertiary/aromatic N) is 2. The summed E-state index contributed by atoms with van der Waals surface area (Å²) in [6, 6.07) is 9.39. The average molecular weight is 578 g/mol. The summed E-state index contributed by atoms with van der Waals surface area (Å²) in [5.74, 6) is -0.550. The van der Waals surface area contributed by atoms with E-state index in [2.05, 4.69) is 4.72 Å². The number of benzene rings is 1. The summed E-state index contributed by atoms with van der Waals surface area (Å²) < 4.78 is 34.8. The van der Waals surface area contributed by atoms with E-state index in [1.165, 1.54) is 24.7 Å². The number of carbonyl (C=O) groups is 2. The zero-order valence-electron chi connectivity index (χ0n) is 21.4. The van der Waals surface area contributed by atoms with E-state index in [-0.39, 0.29) is 24.1 Å². The fraction of sp³-hybridized carbons (Fsp3) is 0.481. The number of ether oxygens (including phenoxy) is 1. The standard InChI is InChI=1S/C27H32ClN3O5S2/c1-2-38(34,35)29-27(33)22-16-21-26(37-22)24(18-6-4-3-5-7-18)25(19-8-10-20(28)11-9-19)31(21)17-23(32)30-12-14-36-15-13-30/h8-11,16,18H,2-7,12-15,17H2,1H3,(H,29,33). The minimum atomic E-state index is -3.70. The highest BCUT2D eigenvalue weighted by atomic mass is 35.5. The normalized spacial score (nSPS) is 17.2. The first-order chi connectivity index (χ1) is 18.3. The Morgan fingerprint density at radius 1 is 1.11 bits per heavy atom. The van der Waals surface area contributed by atoms with E-state index in [4.69, 9.17) is 16.3 Å². The Labute approximate surface area is 232 Å². The van der Waals surface area contributed by atoms with Crippen molar-refractivity contribution in [3.63, 3.8) is 0 Å². The van der Waals surface area contributed by atoms with Crippen LogP contribution in [-0.2, 0) is 26.1 Å². The maximum Gasteiger partial charge on any atom is 0.274 e. The first-order valence-corrected chi connectivity index (χ1v) is 15.9. The third kappa shape index (κ3) is 5.64. The number of amides is 2. The van der Waals surface area contributed by atoms with Crippen LogP contribution in [0.2, 0.25) is 5.02 Å². The smallest absolute Gasteiger partial charge is 0.274 e. The minimum Gasteiger partial charge on any atom is -0.378 e. The highest BCUT2D eigenvalue weighted by Gasteiger charge is 2.31. The van der Waals surface area contributed by atoms with Crippen LogP contribution in [-0.4, -0.2) is 61.8 Å². The molecule has 1 N–H and O–H groups in total. The van der Waals surface area contributed by atoms with Crippen LogP contribution in [0.4, 0.5) is 0 Å². The van der Waals surface area contributed by atoms with Crippen molar-refractivity contribution in [2.75, 3.05) is 32.1 Å². The van der Waals surface area contributed by atoms with Gasteiger partial charge < -0.3 is 14.2 Å². The molecule has 0 unspecified atom stereocenters. The molecule has 0 radical (unpaired) electrons. The summed E-state index contributed by atoms with van der Waals surface area (Å²) in [4.78, 5) is 28.6. The molecule has 3 aromatic rings. The SMILES string of the molecule is CCS(=O)(=O)NC(=O)c1cc2c(s1)c(C1CCCCC1)c(-c1ccc(Cl)cc1)n2CC(=O)N1CCOCC1. The van der Waals surface area contributed by atoms with Crippen molar-refractivity contribution in [1.82, 2.24) is 14.2 Å². The number of fused-ring (bicyclic) bond motifs is 1. The number of morpholine rings is 1. The molecule has 1 aliphatic heterocycles. The first-order valence-electron chi connectivity index (χ1n) is 13.1. The molecular formula is C27H32ClN3O5S2. The second-order valence-electron chi connectivity index (χ2n) is 9.84. The number of halogens is 1. The van der Waals surface area contributed by atoms with Gasteiger partial charge in [0.15, 0.2) is 0 Å². The third-order valence-corrected chi connectivity index (χ3v) is 10.1. The summed E-state index contributed by atoms with van der Waals surface area (Å²) in [6.07, 6.45) is 5.50.